The maximum atomic E-state index is 12.6. The summed E-state index contributed by atoms with van der Waals surface area (Å²) >= 11 is 5.97. The number of benzene rings is 1. The summed E-state index contributed by atoms with van der Waals surface area (Å²) in [4.78, 5) is 6.56. The fourth-order valence-corrected chi connectivity index (χ4v) is 3.15. The van der Waals surface area contributed by atoms with Crippen LogP contribution in [0.3, 0.4) is 0 Å². The van der Waals surface area contributed by atoms with Crippen LogP contribution in [0.25, 0.3) is 0 Å². The first-order valence-electron chi connectivity index (χ1n) is 9.57. The van der Waals surface area contributed by atoms with Gasteiger partial charge in [0.1, 0.15) is 5.75 Å². The largest absolute Gasteiger partial charge is 0.434 e. The van der Waals surface area contributed by atoms with Crippen LogP contribution >= 0.6 is 35.6 Å². The van der Waals surface area contributed by atoms with Crippen LogP contribution in [-0.2, 0) is 11.3 Å². The molecule has 1 unspecified atom stereocenters. The Hall–Kier alpha value is -0.950. The smallest absolute Gasteiger partial charge is 0.387 e. The van der Waals surface area contributed by atoms with E-state index in [1.54, 1.807) is 13.0 Å². The Morgan fingerprint density at radius 2 is 2.07 bits per heavy atom. The summed E-state index contributed by atoms with van der Waals surface area (Å²) in [6.07, 6.45) is 0. The second kappa shape index (κ2) is 13.5. The lowest BCUT2D eigenvalue weighted by Crippen LogP contribution is -2.52. The number of aliphatic imine (C=N–C) groups is 1. The highest BCUT2D eigenvalue weighted by molar-refractivity contribution is 14.0. The third-order valence-corrected chi connectivity index (χ3v) is 4.53. The van der Waals surface area contributed by atoms with Gasteiger partial charge in [-0.1, -0.05) is 11.6 Å². The van der Waals surface area contributed by atoms with Gasteiger partial charge in [0.2, 0.25) is 0 Å². The maximum Gasteiger partial charge on any atom is 0.387 e. The molecule has 0 amide bonds. The molecule has 1 saturated heterocycles. The highest BCUT2D eigenvalue weighted by atomic mass is 127. The van der Waals surface area contributed by atoms with Gasteiger partial charge in [0.25, 0.3) is 0 Å². The van der Waals surface area contributed by atoms with E-state index >= 15 is 0 Å². The zero-order chi connectivity index (χ0) is 21.3. The van der Waals surface area contributed by atoms with Crippen molar-refractivity contribution in [3.8, 4) is 5.75 Å². The van der Waals surface area contributed by atoms with Gasteiger partial charge in [-0.2, -0.15) is 8.78 Å². The molecule has 0 bridgehead atoms. The fourth-order valence-electron chi connectivity index (χ4n) is 2.96. The minimum absolute atomic E-state index is 0. The molecule has 0 spiro atoms. The van der Waals surface area contributed by atoms with Crippen LogP contribution in [0.1, 0.15) is 19.4 Å². The normalized spacial score (nSPS) is 17.2. The molecule has 1 fully saturated rings. The van der Waals surface area contributed by atoms with Gasteiger partial charge in [-0.25, -0.2) is 4.99 Å². The lowest BCUT2D eigenvalue weighted by atomic mass is 10.1. The Kier molecular flexibility index (Phi) is 12.2. The molecule has 1 aliphatic rings. The predicted molar refractivity (Wildman–Crippen MR) is 124 cm³/mol. The van der Waals surface area contributed by atoms with E-state index in [-0.39, 0.29) is 42.8 Å². The van der Waals surface area contributed by atoms with Crippen LogP contribution in [0.15, 0.2) is 23.2 Å². The average Bonchev–Trinajstić information content (AvgIpc) is 2.66. The van der Waals surface area contributed by atoms with E-state index in [4.69, 9.17) is 16.3 Å². The zero-order valence-electron chi connectivity index (χ0n) is 17.2. The van der Waals surface area contributed by atoms with Gasteiger partial charge in [0, 0.05) is 43.3 Å². The van der Waals surface area contributed by atoms with E-state index in [0.29, 0.717) is 42.8 Å². The van der Waals surface area contributed by atoms with Crippen LogP contribution in [0.4, 0.5) is 8.78 Å². The number of halogens is 4. The van der Waals surface area contributed by atoms with Gasteiger partial charge >= 0.3 is 6.61 Å². The zero-order valence-corrected chi connectivity index (χ0v) is 20.3. The van der Waals surface area contributed by atoms with Crippen molar-refractivity contribution in [1.82, 2.24) is 15.5 Å². The van der Waals surface area contributed by atoms with Crippen molar-refractivity contribution in [3.63, 3.8) is 0 Å². The van der Waals surface area contributed by atoms with Crippen molar-refractivity contribution >= 4 is 41.5 Å². The molecule has 30 heavy (non-hydrogen) atoms. The van der Waals surface area contributed by atoms with Gasteiger partial charge < -0.3 is 25.2 Å². The van der Waals surface area contributed by atoms with Crippen LogP contribution in [0.2, 0.25) is 5.02 Å². The van der Waals surface area contributed by atoms with Crippen LogP contribution in [-0.4, -0.2) is 74.1 Å². The molecular weight excluding hydrogens is 533 g/mol. The van der Waals surface area contributed by atoms with Gasteiger partial charge in [-0.15, -0.1) is 24.0 Å². The number of nitrogens with zero attached hydrogens (tertiary/aromatic N) is 2. The number of rotatable bonds is 9. The van der Waals surface area contributed by atoms with E-state index in [1.807, 2.05) is 6.92 Å². The van der Waals surface area contributed by atoms with Crippen molar-refractivity contribution in [1.29, 1.82) is 0 Å². The molecule has 1 heterocycles. The number of ether oxygens (including phenoxy) is 2. The Bertz CT molecular complexity index is 677. The second-order valence-electron chi connectivity index (χ2n) is 7.06. The SMILES string of the molecule is CCNC(=NCc1cc(Cl)ccc1OC(F)F)NCC(C)(O)CN1CCOCC1.I. The molecule has 2 rings (SSSR count). The molecule has 1 atom stereocenters. The Morgan fingerprint density at radius 1 is 1.37 bits per heavy atom. The standard InChI is InChI=1S/C19H29ClF2N4O3.HI/c1-3-23-18(25-12-19(2,27)13-26-6-8-28-9-7-26)24-11-14-10-15(20)4-5-16(14)29-17(21)22;/h4-5,10,17,27H,3,6-9,11-13H2,1-2H3,(H2,23,24,25);1H. The minimum Gasteiger partial charge on any atom is -0.434 e. The second-order valence-corrected chi connectivity index (χ2v) is 7.50. The molecule has 11 heteroatoms. The van der Waals surface area contributed by atoms with Gasteiger partial charge in [-0.3, -0.25) is 4.90 Å². The van der Waals surface area contributed by atoms with Crippen molar-refractivity contribution < 1.29 is 23.4 Å². The number of alkyl halides is 2. The summed E-state index contributed by atoms with van der Waals surface area (Å²) in [6.45, 7) is 5.09. The van der Waals surface area contributed by atoms with E-state index < -0.39 is 12.2 Å². The number of nitrogens with one attached hydrogen (secondary N) is 2. The molecule has 0 aromatic heterocycles. The first-order chi connectivity index (χ1) is 13.8. The summed E-state index contributed by atoms with van der Waals surface area (Å²) < 4.78 is 35.1. The Morgan fingerprint density at radius 3 is 2.70 bits per heavy atom. The highest BCUT2D eigenvalue weighted by Crippen LogP contribution is 2.25. The molecule has 1 aromatic carbocycles. The van der Waals surface area contributed by atoms with E-state index in [2.05, 4.69) is 25.3 Å². The molecule has 172 valence electrons. The predicted octanol–water partition coefficient (Wildman–Crippen LogP) is 2.70. The number of aliphatic hydroxyl groups is 1. The Balaban J connectivity index is 0.00000450. The fraction of sp³-hybridized carbons (Fsp3) is 0.632. The molecule has 0 aliphatic carbocycles. The summed E-state index contributed by atoms with van der Waals surface area (Å²) in [5.41, 5.74) is -0.539. The summed E-state index contributed by atoms with van der Waals surface area (Å²) in [7, 11) is 0. The van der Waals surface area contributed by atoms with Gasteiger partial charge in [0.15, 0.2) is 5.96 Å². The number of guanidine groups is 1. The van der Waals surface area contributed by atoms with Crippen LogP contribution in [0, 0.1) is 0 Å². The third-order valence-electron chi connectivity index (χ3n) is 4.29. The summed E-state index contributed by atoms with van der Waals surface area (Å²) in [5.74, 6) is 0.487. The maximum absolute atomic E-state index is 12.6. The number of β-amino-alcohol motifs (C(OH)–C–C–N with tert-alkyl or cyclic N) is 1. The Labute approximate surface area is 198 Å². The quantitative estimate of drug-likeness (QED) is 0.244. The van der Waals surface area contributed by atoms with Gasteiger partial charge in [-0.05, 0) is 32.0 Å². The summed E-state index contributed by atoms with van der Waals surface area (Å²) in [6, 6.07) is 4.42. The summed E-state index contributed by atoms with van der Waals surface area (Å²) in [5, 5.41) is 17.3. The molecule has 3 N–H and O–H groups in total. The van der Waals surface area contributed by atoms with Crippen molar-refractivity contribution in [3.05, 3.63) is 28.8 Å². The average molecular weight is 563 g/mol. The monoisotopic (exact) mass is 562 g/mol. The van der Waals surface area contributed by atoms with E-state index in [9.17, 15) is 13.9 Å². The lowest BCUT2D eigenvalue weighted by molar-refractivity contribution is -0.0504. The molecular formula is C19H30ClF2IN4O3. The highest BCUT2D eigenvalue weighted by Gasteiger charge is 2.25. The molecule has 0 radical (unpaired) electrons. The van der Waals surface area contributed by atoms with Gasteiger partial charge in [0.05, 0.1) is 25.4 Å². The molecule has 7 nitrogen and oxygen atoms in total. The minimum atomic E-state index is -2.93. The van der Waals surface area contributed by atoms with Crippen LogP contribution in [0.5, 0.6) is 5.75 Å². The van der Waals surface area contributed by atoms with Crippen LogP contribution < -0.4 is 15.4 Å². The number of hydrogen-bond donors (Lipinski definition) is 3. The van der Waals surface area contributed by atoms with Crippen molar-refractivity contribution in [2.75, 3.05) is 45.9 Å². The molecule has 1 aliphatic heterocycles. The molecule has 0 saturated carbocycles. The topological polar surface area (TPSA) is 78.4 Å². The van der Waals surface area contributed by atoms with Crippen molar-refractivity contribution in [2.45, 2.75) is 32.6 Å². The number of morpholine rings is 1. The lowest BCUT2D eigenvalue weighted by Gasteiger charge is -2.34. The number of hydrogen-bond acceptors (Lipinski definition) is 5. The van der Waals surface area contributed by atoms with E-state index in [1.165, 1.54) is 12.1 Å². The van der Waals surface area contributed by atoms with Crippen molar-refractivity contribution in [2.24, 2.45) is 4.99 Å². The molecule has 1 aromatic rings. The van der Waals surface area contributed by atoms with E-state index in [0.717, 1.165) is 13.1 Å². The first-order valence-corrected chi connectivity index (χ1v) is 9.95. The third kappa shape index (κ3) is 9.90. The first kappa shape index (κ1) is 27.1.